The van der Waals surface area contributed by atoms with Crippen molar-refractivity contribution >= 4 is 28.7 Å². The van der Waals surface area contributed by atoms with E-state index in [0.29, 0.717) is 17.5 Å². The van der Waals surface area contributed by atoms with Crippen LogP contribution in [0.4, 0.5) is 10.3 Å². The lowest BCUT2D eigenvalue weighted by Gasteiger charge is -2.13. The zero-order chi connectivity index (χ0) is 11.1. The highest BCUT2D eigenvalue weighted by Crippen LogP contribution is 2.33. The number of imidazole rings is 1. The van der Waals surface area contributed by atoms with Gasteiger partial charge < -0.3 is 10.3 Å². The molecule has 0 amide bonds. The van der Waals surface area contributed by atoms with Gasteiger partial charge in [0, 0.05) is 11.8 Å². The normalized spacial score (nSPS) is 20.7. The predicted octanol–water partition coefficient (Wildman–Crippen LogP) is 2.44. The third-order valence-electron chi connectivity index (χ3n) is 2.97. The fourth-order valence-electron chi connectivity index (χ4n) is 2.21. The molecule has 0 bridgehead atoms. The molecule has 2 aromatic rings. The Labute approximate surface area is 96.8 Å². The average Bonchev–Trinajstić information content (AvgIpc) is 2.85. The van der Waals surface area contributed by atoms with E-state index < -0.39 is 0 Å². The number of thioether (sulfide) groups is 1. The Kier molecular flexibility index (Phi) is 2.28. The summed E-state index contributed by atoms with van der Waals surface area (Å²) < 4.78 is 15.5. The highest BCUT2D eigenvalue weighted by molar-refractivity contribution is 7.99. The van der Waals surface area contributed by atoms with Crippen LogP contribution in [0.3, 0.4) is 0 Å². The number of halogens is 1. The van der Waals surface area contributed by atoms with Gasteiger partial charge in [0.1, 0.15) is 5.52 Å². The van der Waals surface area contributed by atoms with Crippen LogP contribution in [-0.2, 0) is 0 Å². The molecule has 1 fully saturated rings. The fraction of sp³-hybridized carbons (Fsp3) is 0.364. The Balaban J connectivity index is 2.22. The fourth-order valence-corrected chi connectivity index (χ4v) is 3.40. The van der Waals surface area contributed by atoms with Gasteiger partial charge in [-0.3, -0.25) is 0 Å². The van der Waals surface area contributed by atoms with Gasteiger partial charge in [0.05, 0.1) is 5.52 Å². The SMILES string of the molecule is Nc1nc2c(F)cccc2n1C1CCSC1. The first-order valence-electron chi connectivity index (χ1n) is 5.27. The summed E-state index contributed by atoms with van der Waals surface area (Å²) in [6.07, 6.45) is 1.08. The monoisotopic (exact) mass is 237 g/mol. The smallest absolute Gasteiger partial charge is 0.201 e. The van der Waals surface area contributed by atoms with Crippen LogP contribution in [0.5, 0.6) is 0 Å². The van der Waals surface area contributed by atoms with E-state index in [1.807, 2.05) is 22.4 Å². The van der Waals surface area contributed by atoms with Crippen LogP contribution in [0.2, 0.25) is 0 Å². The molecule has 1 saturated heterocycles. The number of rotatable bonds is 1. The zero-order valence-corrected chi connectivity index (χ0v) is 9.51. The van der Waals surface area contributed by atoms with Crippen molar-refractivity contribution in [2.75, 3.05) is 17.2 Å². The number of nitrogens with zero attached hydrogens (tertiary/aromatic N) is 2. The Hall–Kier alpha value is -1.23. The topological polar surface area (TPSA) is 43.8 Å². The van der Waals surface area contributed by atoms with Crippen LogP contribution in [0, 0.1) is 5.82 Å². The number of anilines is 1. The van der Waals surface area contributed by atoms with Crippen molar-refractivity contribution in [2.24, 2.45) is 0 Å². The Morgan fingerprint density at radius 1 is 1.50 bits per heavy atom. The molecule has 3 nitrogen and oxygen atoms in total. The summed E-state index contributed by atoms with van der Waals surface area (Å²) in [5.74, 6) is 2.30. The number of nitrogen functional groups attached to an aromatic ring is 1. The van der Waals surface area contributed by atoms with Gasteiger partial charge >= 0.3 is 0 Å². The van der Waals surface area contributed by atoms with Crippen molar-refractivity contribution in [2.45, 2.75) is 12.5 Å². The van der Waals surface area contributed by atoms with Gasteiger partial charge in [0.15, 0.2) is 5.82 Å². The third-order valence-corrected chi connectivity index (χ3v) is 4.11. The minimum Gasteiger partial charge on any atom is -0.369 e. The van der Waals surface area contributed by atoms with Gasteiger partial charge in [-0.2, -0.15) is 11.8 Å². The Bertz CT molecular complexity index is 531. The van der Waals surface area contributed by atoms with Gasteiger partial charge in [-0.1, -0.05) is 6.07 Å². The lowest BCUT2D eigenvalue weighted by molar-refractivity contribution is 0.583. The van der Waals surface area contributed by atoms with E-state index in [9.17, 15) is 4.39 Å². The molecule has 1 unspecified atom stereocenters. The van der Waals surface area contributed by atoms with Crippen molar-refractivity contribution in [1.29, 1.82) is 0 Å². The minimum absolute atomic E-state index is 0.298. The van der Waals surface area contributed by atoms with E-state index >= 15 is 0 Å². The molecule has 5 heteroatoms. The van der Waals surface area contributed by atoms with Crippen LogP contribution in [-0.4, -0.2) is 21.1 Å². The molecule has 1 aromatic heterocycles. The average molecular weight is 237 g/mol. The van der Waals surface area contributed by atoms with Crippen LogP contribution < -0.4 is 5.73 Å². The number of aromatic nitrogens is 2. The largest absolute Gasteiger partial charge is 0.369 e. The minimum atomic E-state index is -0.298. The lowest BCUT2D eigenvalue weighted by Crippen LogP contribution is -2.10. The van der Waals surface area contributed by atoms with E-state index in [-0.39, 0.29) is 5.82 Å². The van der Waals surface area contributed by atoms with Gasteiger partial charge in [-0.25, -0.2) is 9.37 Å². The van der Waals surface area contributed by atoms with Crippen molar-refractivity contribution in [3.63, 3.8) is 0 Å². The highest BCUT2D eigenvalue weighted by atomic mass is 32.2. The van der Waals surface area contributed by atoms with Gasteiger partial charge in [0.2, 0.25) is 5.95 Å². The number of hydrogen-bond donors (Lipinski definition) is 1. The third kappa shape index (κ3) is 1.38. The Morgan fingerprint density at radius 2 is 2.38 bits per heavy atom. The predicted molar refractivity (Wildman–Crippen MR) is 65.1 cm³/mol. The molecule has 1 aromatic carbocycles. The maximum atomic E-state index is 13.5. The molecule has 1 aliphatic rings. The first-order valence-corrected chi connectivity index (χ1v) is 6.42. The highest BCUT2D eigenvalue weighted by Gasteiger charge is 2.22. The quantitative estimate of drug-likeness (QED) is 0.828. The number of fused-ring (bicyclic) bond motifs is 1. The molecular weight excluding hydrogens is 225 g/mol. The molecule has 0 saturated carbocycles. The summed E-state index contributed by atoms with van der Waals surface area (Å²) in [5.41, 5.74) is 7.07. The van der Waals surface area contributed by atoms with Crippen molar-refractivity contribution in [3.8, 4) is 0 Å². The van der Waals surface area contributed by atoms with E-state index in [2.05, 4.69) is 4.98 Å². The zero-order valence-electron chi connectivity index (χ0n) is 8.69. The second-order valence-electron chi connectivity index (χ2n) is 3.96. The summed E-state index contributed by atoms with van der Waals surface area (Å²) in [6, 6.07) is 5.36. The first kappa shape index (κ1) is 9.96. The molecule has 2 heterocycles. The van der Waals surface area contributed by atoms with Gasteiger partial charge in [-0.05, 0) is 24.3 Å². The van der Waals surface area contributed by atoms with Crippen LogP contribution >= 0.6 is 11.8 Å². The molecule has 0 radical (unpaired) electrons. The summed E-state index contributed by atoms with van der Waals surface area (Å²) in [7, 11) is 0. The van der Waals surface area contributed by atoms with Crippen molar-refractivity contribution in [3.05, 3.63) is 24.0 Å². The molecule has 0 aliphatic carbocycles. The van der Waals surface area contributed by atoms with Crippen LogP contribution in [0.1, 0.15) is 12.5 Å². The van der Waals surface area contributed by atoms with E-state index in [1.165, 1.54) is 6.07 Å². The summed E-state index contributed by atoms with van der Waals surface area (Å²) in [6.45, 7) is 0. The second kappa shape index (κ2) is 3.66. The van der Waals surface area contributed by atoms with Crippen LogP contribution in [0.15, 0.2) is 18.2 Å². The number of nitrogens with two attached hydrogens (primary N) is 1. The molecular formula is C11H12FN3S. The van der Waals surface area contributed by atoms with Gasteiger partial charge in [-0.15, -0.1) is 0 Å². The lowest BCUT2D eigenvalue weighted by atomic mass is 10.2. The summed E-state index contributed by atoms with van der Waals surface area (Å²) >= 11 is 1.90. The molecule has 0 spiro atoms. The molecule has 16 heavy (non-hydrogen) atoms. The number of benzene rings is 1. The first-order chi connectivity index (χ1) is 7.77. The maximum Gasteiger partial charge on any atom is 0.201 e. The van der Waals surface area contributed by atoms with Crippen LogP contribution in [0.25, 0.3) is 11.0 Å². The van der Waals surface area contributed by atoms with E-state index in [4.69, 9.17) is 5.73 Å². The Morgan fingerprint density at radius 3 is 3.12 bits per heavy atom. The summed E-state index contributed by atoms with van der Waals surface area (Å²) in [4.78, 5) is 4.11. The van der Waals surface area contributed by atoms with Crippen molar-refractivity contribution < 1.29 is 4.39 Å². The van der Waals surface area contributed by atoms with Gasteiger partial charge in [0.25, 0.3) is 0 Å². The number of para-hydroxylation sites is 1. The second-order valence-corrected chi connectivity index (χ2v) is 5.11. The number of hydrogen-bond acceptors (Lipinski definition) is 3. The van der Waals surface area contributed by atoms with Crippen molar-refractivity contribution in [1.82, 2.24) is 9.55 Å². The van der Waals surface area contributed by atoms with E-state index in [0.717, 1.165) is 23.4 Å². The van der Waals surface area contributed by atoms with E-state index in [1.54, 1.807) is 6.07 Å². The molecule has 84 valence electrons. The maximum absolute atomic E-state index is 13.5. The molecule has 2 N–H and O–H groups in total. The summed E-state index contributed by atoms with van der Waals surface area (Å²) in [5, 5.41) is 0. The molecule has 1 aliphatic heterocycles. The molecule has 3 rings (SSSR count). The standard InChI is InChI=1S/C11H12FN3S/c12-8-2-1-3-9-10(8)14-11(13)15(9)7-4-5-16-6-7/h1-3,7H,4-6H2,(H2,13,14). The molecule has 1 atom stereocenters.